The molecule has 0 aliphatic heterocycles. The van der Waals surface area contributed by atoms with E-state index in [0.29, 0.717) is 0 Å². The number of rotatable bonds is 5. The lowest BCUT2D eigenvalue weighted by Crippen LogP contribution is -2.13. The molecule has 0 aliphatic rings. The van der Waals surface area contributed by atoms with Gasteiger partial charge in [-0.15, -0.1) is 0 Å². The number of ketones is 1. The molecular weight excluding hydrogens is 324 g/mol. The van der Waals surface area contributed by atoms with E-state index in [4.69, 9.17) is 4.74 Å². The number of carbonyl (C=O) groups is 2. The van der Waals surface area contributed by atoms with E-state index in [2.05, 4.69) is 0 Å². The molecule has 7 nitrogen and oxygen atoms in total. The molecule has 0 saturated heterocycles. The Morgan fingerprint density at radius 3 is 2.13 bits per heavy atom. The first-order chi connectivity index (χ1) is 10.8. The van der Waals surface area contributed by atoms with Crippen molar-refractivity contribution in [3.05, 3.63) is 59.2 Å². The highest BCUT2D eigenvalue weighted by Crippen LogP contribution is 2.29. The maximum atomic E-state index is 12.5. The topological polar surface area (TPSA) is 118 Å². The summed E-state index contributed by atoms with van der Waals surface area (Å²) in [4.78, 5) is 23.2. The largest absolute Gasteiger partial charge is 0.495 e. The number of carboxylic acids is 1. The predicted octanol–water partition coefficient (Wildman–Crippen LogP) is 1.87. The molecule has 0 unspecified atom stereocenters. The molecule has 2 rings (SSSR count). The number of ether oxygens (including phenoxy) is 1. The summed E-state index contributed by atoms with van der Waals surface area (Å²) >= 11 is 0. The summed E-state index contributed by atoms with van der Waals surface area (Å²) < 4.78 is 36.9. The molecule has 0 fully saturated rings. The third-order valence-electron chi connectivity index (χ3n) is 3.09. The predicted molar refractivity (Wildman–Crippen MR) is 79.6 cm³/mol. The average molecular weight is 336 g/mol. The van der Waals surface area contributed by atoms with Crippen molar-refractivity contribution in [3.8, 4) is 5.75 Å². The van der Waals surface area contributed by atoms with Gasteiger partial charge in [0.15, 0.2) is 5.78 Å². The maximum absolute atomic E-state index is 12.5. The normalized spacial score (nSPS) is 11.0. The summed E-state index contributed by atoms with van der Waals surface area (Å²) in [6.07, 6.45) is 0. The van der Waals surface area contributed by atoms with Crippen molar-refractivity contribution in [2.75, 3.05) is 7.11 Å². The number of carboxylic acid groups (broad SMARTS) is 1. The molecule has 2 N–H and O–H groups in total. The molecule has 2 aromatic rings. The summed E-state index contributed by atoms with van der Waals surface area (Å²) in [5, 5.41) is 9.26. The Hall–Kier alpha value is -2.71. The van der Waals surface area contributed by atoms with Crippen molar-refractivity contribution >= 4 is 21.9 Å². The van der Waals surface area contributed by atoms with Gasteiger partial charge in [0, 0.05) is 11.1 Å². The van der Waals surface area contributed by atoms with Crippen molar-refractivity contribution in [1.82, 2.24) is 0 Å². The number of benzene rings is 2. The molecule has 0 atom stereocenters. The Labute approximate surface area is 131 Å². The van der Waals surface area contributed by atoms with Gasteiger partial charge in [0.05, 0.1) is 12.7 Å². The van der Waals surface area contributed by atoms with E-state index in [-0.39, 0.29) is 16.9 Å². The fourth-order valence-corrected chi connectivity index (χ4v) is 2.69. The second-order valence-corrected chi connectivity index (χ2v) is 5.91. The minimum Gasteiger partial charge on any atom is -0.495 e. The van der Waals surface area contributed by atoms with Crippen molar-refractivity contribution in [1.29, 1.82) is 0 Å². The second kappa shape index (κ2) is 6.19. The molecule has 23 heavy (non-hydrogen) atoms. The summed E-state index contributed by atoms with van der Waals surface area (Å²) in [7, 11) is -3.58. The lowest BCUT2D eigenvalue weighted by molar-refractivity contribution is 0.0692. The highest BCUT2D eigenvalue weighted by atomic mass is 32.2. The SMILES string of the molecule is COc1cc(C(=O)O)c(C(=O)c2ccccc2)cc1S(=O)(=O)O. The lowest BCUT2D eigenvalue weighted by atomic mass is 9.98. The van der Waals surface area contributed by atoms with Crippen LogP contribution in [0.2, 0.25) is 0 Å². The van der Waals surface area contributed by atoms with Crippen LogP contribution in [0.3, 0.4) is 0 Å². The number of aromatic carboxylic acids is 1. The molecule has 120 valence electrons. The maximum Gasteiger partial charge on any atom is 0.336 e. The Bertz CT molecular complexity index is 870. The minimum atomic E-state index is -4.70. The fourth-order valence-electron chi connectivity index (χ4n) is 2.03. The molecule has 2 aromatic carbocycles. The Balaban J connectivity index is 2.75. The highest BCUT2D eigenvalue weighted by Gasteiger charge is 2.26. The van der Waals surface area contributed by atoms with Crippen molar-refractivity contribution in [2.45, 2.75) is 4.90 Å². The van der Waals surface area contributed by atoms with Crippen molar-refractivity contribution < 1.29 is 32.4 Å². The van der Waals surface area contributed by atoms with E-state index in [1.807, 2.05) is 0 Å². The fraction of sp³-hybridized carbons (Fsp3) is 0.0667. The standard InChI is InChI=1S/C15H12O7S/c1-22-12-7-11(15(17)18)10(8-13(12)23(19,20)21)14(16)9-5-3-2-4-6-9/h2-8H,1H3,(H,17,18)(H,19,20,21). The van der Waals surface area contributed by atoms with Crippen molar-refractivity contribution in [3.63, 3.8) is 0 Å². The number of methoxy groups -OCH3 is 1. The number of hydrogen-bond acceptors (Lipinski definition) is 5. The Morgan fingerprint density at radius 2 is 1.65 bits per heavy atom. The van der Waals surface area contributed by atoms with Gasteiger partial charge in [0.2, 0.25) is 0 Å². The molecule has 0 bridgehead atoms. The zero-order valence-corrected chi connectivity index (χ0v) is 12.7. The molecule has 0 saturated carbocycles. The second-order valence-electron chi connectivity index (χ2n) is 4.52. The van der Waals surface area contributed by atoms with E-state index in [1.54, 1.807) is 18.2 Å². The number of carbonyl (C=O) groups excluding carboxylic acids is 1. The average Bonchev–Trinajstić information content (AvgIpc) is 2.52. The van der Waals surface area contributed by atoms with Crippen LogP contribution in [0, 0.1) is 0 Å². The summed E-state index contributed by atoms with van der Waals surface area (Å²) in [6, 6.07) is 9.46. The Morgan fingerprint density at radius 1 is 1.04 bits per heavy atom. The van der Waals surface area contributed by atoms with Gasteiger partial charge >= 0.3 is 5.97 Å². The summed E-state index contributed by atoms with van der Waals surface area (Å²) in [5.74, 6) is -2.48. The van der Waals surface area contributed by atoms with Crippen LogP contribution in [0.5, 0.6) is 5.75 Å². The molecule has 0 aliphatic carbocycles. The molecular formula is C15H12O7S. The van der Waals surface area contributed by atoms with Gasteiger partial charge in [-0.2, -0.15) is 8.42 Å². The number of hydrogen-bond donors (Lipinski definition) is 2. The van der Waals surface area contributed by atoms with Gasteiger partial charge in [-0.05, 0) is 12.1 Å². The molecule has 0 heterocycles. The van der Waals surface area contributed by atoms with Gasteiger partial charge in [-0.1, -0.05) is 30.3 Å². The molecule has 0 spiro atoms. The third-order valence-corrected chi connectivity index (χ3v) is 3.97. The van der Waals surface area contributed by atoms with Crippen LogP contribution in [0.4, 0.5) is 0 Å². The lowest BCUT2D eigenvalue weighted by Gasteiger charge is -2.11. The van der Waals surface area contributed by atoms with Gasteiger partial charge in [-0.3, -0.25) is 9.35 Å². The Kier molecular flexibility index (Phi) is 4.48. The molecule has 8 heteroatoms. The van der Waals surface area contributed by atoms with Crippen LogP contribution in [0.15, 0.2) is 47.4 Å². The molecule has 0 aromatic heterocycles. The smallest absolute Gasteiger partial charge is 0.336 e. The highest BCUT2D eigenvalue weighted by molar-refractivity contribution is 7.86. The third kappa shape index (κ3) is 3.38. The molecule has 0 amide bonds. The van der Waals surface area contributed by atoms with E-state index < -0.39 is 32.3 Å². The van der Waals surface area contributed by atoms with Crippen LogP contribution < -0.4 is 4.74 Å². The first-order valence-electron chi connectivity index (χ1n) is 6.28. The van der Waals surface area contributed by atoms with Crippen LogP contribution in [0.1, 0.15) is 26.3 Å². The molecule has 0 radical (unpaired) electrons. The first kappa shape index (κ1) is 16.7. The van der Waals surface area contributed by atoms with Gasteiger partial charge in [0.1, 0.15) is 10.6 Å². The van der Waals surface area contributed by atoms with Gasteiger partial charge < -0.3 is 9.84 Å². The van der Waals surface area contributed by atoms with E-state index in [0.717, 1.165) is 19.2 Å². The first-order valence-corrected chi connectivity index (χ1v) is 7.72. The van der Waals surface area contributed by atoms with E-state index in [1.165, 1.54) is 12.1 Å². The van der Waals surface area contributed by atoms with E-state index in [9.17, 15) is 27.7 Å². The van der Waals surface area contributed by atoms with Crippen LogP contribution in [-0.4, -0.2) is 36.9 Å². The van der Waals surface area contributed by atoms with E-state index >= 15 is 0 Å². The zero-order chi connectivity index (χ0) is 17.2. The monoisotopic (exact) mass is 336 g/mol. The van der Waals surface area contributed by atoms with Crippen LogP contribution >= 0.6 is 0 Å². The van der Waals surface area contributed by atoms with Crippen molar-refractivity contribution in [2.24, 2.45) is 0 Å². The van der Waals surface area contributed by atoms with Crippen LogP contribution in [0.25, 0.3) is 0 Å². The minimum absolute atomic E-state index is 0.182. The van der Waals surface area contributed by atoms with Gasteiger partial charge in [-0.25, -0.2) is 4.79 Å². The summed E-state index contributed by atoms with van der Waals surface area (Å²) in [5.41, 5.74) is -0.610. The van der Waals surface area contributed by atoms with Crippen LogP contribution in [-0.2, 0) is 10.1 Å². The quantitative estimate of drug-likeness (QED) is 0.632. The van der Waals surface area contributed by atoms with Gasteiger partial charge in [0.25, 0.3) is 10.1 Å². The summed E-state index contributed by atoms with van der Waals surface area (Å²) in [6.45, 7) is 0. The zero-order valence-electron chi connectivity index (χ0n) is 11.9.